The molecule has 0 aliphatic heterocycles. The van der Waals surface area contributed by atoms with Crippen molar-refractivity contribution in [2.75, 3.05) is 0 Å². The summed E-state index contributed by atoms with van der Waals surface area (Å²) in [4.78, 5) is 12.1. The molecular weight excluding hydrogens is 269 g/mol. The summed E-state index contributed by atoms with van der Waals surface area (Å²) in [7, 11) is 0. The normalized spacial score (nSPS) is 12.0. The minimum atomic E-state index is -0.388. The number of carbonyl (C=O) groups is 1. The topological polar surface area (TPSA) is 49.3 Å². The van der Waals surface area contributed by atoms with Crippen LogP contribution in [-0.4, -0.2) is 11.0 Å². The Bertz CT molecular complexity index is 682. The molecule has 0 aliphatic carbocycles. The molecule has 2 N–H and O–H groups in total. The number of halogens is 1. The van der Waals surface area contributed by atoms with Crippen molar-refractivity contribution in [2.45, 2.75) is 26.8 Å². The van der Waals surface area contributed by atoms with Crippen LogP contribution >= 0.6 is 0 Å². The fourth-order valence-corrected chi connectivity index (χ4v) is 2.07. The van der Waals surface area contributed by atoms with Crippen molar-refractivity contribution in [3.8, 4) is 5.75 Å². The van der Waals surface area contributed by atoms with Gasteiger partial charge in [-0.2, -0.15) is 0 Å². The van der Waals surface area contributed by atoms with Crippen molar-refractivity contribution in [3.63, 3.8) is 0 Å². The van der Waals surface area contributed by atoms with Gasteiger partial charge in [0.2, 0.25) is 0 Å². The third-order valence-corrected chi connectivity index (χ3v) is 3.44. The molecule has 2 rings (SSSR count). The number of nitrogens with one attached hydrogen (secondary N) is 1. The van der Waals surface area contributed by atoms with Crippen LogP contribution in [0.2, 0.25) is 0 Å². The van der Waals surface area contributed by atoms with Crippen LogP contribution < -0.4 is 5.32 Å². The number of phenolic OH excluding ortho intramolecular Hbond substituents is 1. The van der Waals surface area contributed by atoms with Crippen LogP contribution in [0.25, 0.3) is 0 Å². The van der Waals surface area contributed by atoms with Crippen LogP contribution in [0.1, 0.15) is 40.0 Å². The molecule has 0 fully saturated rings. The van der Waals surface area contributed by atoms with Gasteiger partial charge in [0, 0.05) is 0 Å². The third-order valence-electron chi connectivity index (χ3n) is 3.44. The van der Waals surface area contributed by atoms with E-state index in [2.05, 4.69) is 5.32 Å². The lowest BCUT2D eigenvalue weighted by molar-refractivity contribution is 0.0937. The average Bonchev–Trinajstić information content (AvgIpc) is 2.41. The molecule has 2 aromatic rings. The number of hydrogen-bond donors (Lipinski definition) is 2. The highest BCUT2D eigenvalue weighted by atomic mass is 19.1. The van der Waals surface area contributed by atoms with Crippen molar-refractivity contribution < 1.29 is 14.3 Å². The maximum Gasteiger partial charge on any atom is 0.255 e. The fourth-order valence-electron chi connectivity index (χ4n) is 2.07. The third kappa shape index (κ3) is 3.40. The molecule has 0 bridgehead atoms. The number of benzene rings is 2. The predicted molar refractivity (Wildman–Crippen MR) is 79.9 cm³/mol. The van der Waals surface area contributed by atoms with Crippen molar-refractivity contribution >= 4 is 5.91 Å². The molecule has 1 amide bonds. The van der Waals surface area contributed by atoms with Crippen LogP contribution in [0.4, 0.5) is 4.39 Å². The summed E-state index contributed by atoms with van der Waals surface area (Å²) in [5, 5.41) is 12.6. The van der Waals surface area contributed by atoms with E-state index < -0.39 is 0 Å². The van der Waals surface area contributed by atoms with E-state index in [4.69, 9.17) is 0 Å². The van der Waals surface area contributed by atoms with Crippen LogP contribution in [0.15, 0.2) is 36.4 Å². The molecule has 1 unspecified atom stereocenters. The van der Waals surface area contributed by atoms with Crippen molar-refractivity contribution in [3.05, 3.63) is 64.5 Å². The Morgan fingerprint density at radius 3 is 2.52 bits per heavy atom. The van der Waals surface area contributed by atoms with Gasteiger partial charge in [-0.3, -0.25) is 4.79 Å². The first-order chi connectivity index (χ1) is 9.88. The van der Waals surface area contributed by atoms with Gasteiger partial charge in [0.25, 0.3) is 5.91 Å². The van der Waals surface area contributed by atoms with Gasteiger partial charge >= 0.3 is 0 Å². The second kappa shape index (κ2) is 5.95. The minimum absolute atomic E-state index is 0.0604. The summed E-state index contributed by atoms with van der Waals surface area (Å²) in [6.45, 7) is 5.29. The van der Waals surface area contributed by atoms with E-state index >= 15 is 0 Å². The van der Waals surface area contributed by atoms with Crippen LogP contribution in [0, 0.1) is 19.7 Å². The highest BCUT2D eigenvalue weighted by Crippen LogP contribution is 2.21. The van der Waals surface area contributed by atoms with Gasteiger partial charge in [0.05, 0.1) is 11.6 Å². The summed E-state index contributed by atoms with van der Waals surface area (Å²) in [5.74, 6) is -0.748. The summed E-state index contributed by atoms with van der Waals surface area (Å²) in [6.07, 6.45) is 0. The van der Waals surface area contributed by atoms with E-state index in [0.717, 1.165) is 5.56 Å². The first kappa shape index (κ1) is 15.0. The van der Waals surface area contributed by atoms with Gasteiger partial charge in [-0.05, 0) is 55.7 Å². The molecular formula is C17H18FNO2. The van der Waals surface area contributed by atoms with Crippen molar-refractivity contribution in [1.29, 1.82) is 0 Å². The average molecular weight is 287 g/mol. The zero-order valence-corrected chi connectivity index (χ0v) is 12.3. The molecule has 1 atom stereocenters. The lowest BCUT2D eigenvalue weighted by Crippen LogP contribution is -2.26. The van der Waals surface area contributed by atoms with E-state index in [9.17, 15) is 14.3 Å². The first-order valence-electron chi connectivity index (χ1n) is 6.75. The second-order valence-corrected chi connectivity index (χ2v) is 5.22. The Labute approximate surface area is 123 Å². The van der Waals surface area contributed by atoms with Gasteiger partial charge in [-0.15, -0.1) is 0 Å². The Hall–Kier alpha value is -2.36. The van der Waals surface area contributed by atoms with Gasteiger partial charge in [0.1, 0.15) is 11.6 Å². The number of phenols is 1. The molecule has 0 aliphatic rings. The van der Waals surface area contributed by atoms with E-state index in [1.54, 1.807) is 38.1 Å². The highest BCUT2D eigenvalue weighted by molar-refractivity contribution is 5.97. The summed E-state index contributed by atoms with van der Waals surface area (Å²) < 4.78 is 13.6. The SMILES string of the molecule is Cc1ccc(C(=O)NC(C)c2ccc(C)c(F)c2)c(O)c1. The lowest BCUT2D eigenvalue weighted by atomic mass is 10.0. The highest BCUT2D eigenvalue weighted by Gasteiger charge is 2.15. The molecule has 2 aromatic carbocycles. The van der Waals surface area contributed by atoms with E-state index in [-0.39, 0.29) is 29.1 Å². The zero-order chi connectivity index (χ0) is 15.6. The van der Waals surface area contributed by atoms with E-state index in [1.165, 1.54) is 12.1 Å². The molecule has 110 valence electrons. The van der Waals surface area contributed by atoms with Gasteiger partial charge in [-0.1, -0.05) is 18.2 Å². The zero-order valence-electron chi connectivity index (χ0n) is 12.3. The quantitative estimate of drug-likeness (QED) is 0.905. The maximum absolute atomic E-state index is 13.6. The maximum atomic E-state index is 13.6. The lowest BCUT2D eigenvalue weighted by Gasteiger charge is -2.15. The molecule has 0 radical (unpaired) electrons. The minimum Gasteiger partial charge on any atom is -0.507 e. The standard InChI is InChI=1S/C17H18FNO2/c1-10-4-7-14(16(20)8-10)17(21)19-12(3)13-6-5-11(2)15(18)9-13/h4-9,12,20H,1-3H3,(H,19,21). The van der Waals surface area contributed by atoms with Crippen molar-refractivity contribution in [2.24, 2.45) is 0 Å². The number of aryl methyl sites for hydroxylation is 2. The van der Waals surface area contributed by atoms with Crippen LogP contribution in [0.5, 0.6) is 5.75 Å². The number of rotatable bonds is 3. The number of amides is 1. The largest absolute Gasteiger partial charge is 0.507 e. The molecule has 0 heterocycles. The summed E-state index contributed by atoms with van der Waals surface area (Å²) >= 11 is 0. The van der Waals surface area contributed by atoms with Crippen LogP contribution in [0.3, 0.4) is 0 Å². The molecule has 3 nitrogen and oxygen atoms in total. The molecule has 21 heavy (non-hydrogen) atoms. The number of carbonyl (C=O) groups excluding carboxylic acids is 1. The van der Waals surface area contributed by atoms with Crippen molar-refractivity contribution in [1.82, 2.24) is 5.32 Å². The predicted octanol–water partition coefficient (Wildman–Crippen LogP) is 3.64. The smallest absolute Gasteiger partial charge is 0.255 e. The van der Waals surface area contributed by atoms with E-state index in [1.807, 2.05) is 6.92 Å². The Balaban J connectivity index is 2.16. The number of aromatic hydroxyl groups is 1. The van der Waals surface area contributed by atoms with Gasteiger partial charge in [-0.25, -0.2) is 4.39 Å². The molecule has 0 spiro atoms. The van der Waals surface area contributed by atoms with Gasteiger partial charge < -0.3 is 10.4 Å². The molecule has 4 heteroatoms. The summed E-state index contributed by atoms with van der Waals surface area (Å²) in [6, 6.07) is 9.37. The second-order valence-electron chi connectivity index (χ2n) is 5.22. The molecule has 0 saturated carbocycles. The van der Waals surface area contributed by atoms with E-state index in [0.29, 0.717) is 11.1 Å². The fraction of sp³-hybridized carbons (Fsp3) is 0.235. The number of hydrogen-bond acceptors (Lipinski definition) is 2. The Kier molecular flexibility index (Phi) is 4.26. The first-order valence-corrected chi connectivity index (χ1v) is 6.75. The molecule has 0 aromatic heterocycles. The molecule has 0 saturated heterocycles. The summed E-state index contributed by atoms with van der Waals surface area (Å²) in [5.41, 5.74) is 2.32. The Morgan fingerprint density at radius 2 is 1.90 bits per heavy atom. The van der Waals surface area contributed by atoms with Crippen LogP contribution in [-0.2, 0) is 0 Å². The Morgan fingerprint density at radius 1 is 1.19 bits per heavy atom. The van der Waals surface area contributed by atoms with Gasteiger partial charge in [0.15, 0.2) is 0 Å². The monoisotopic (exact) mass is 287 g/mol.